The van der Waals surface area contributed by atoms with E-state index in [1.54, 1.807) is 10.9 Å². The van der Waals surface area contributed by atoms with Crippen molar-refractivity contribution in [3.63, 3.8) is 0 Å². The summed E-state index contributed by atoms with van der Waals surface area (Å²) >= 11 is 0. The second kappa shape index (κ2) is 10.8. The van der Waals surface area contributed by atoms with E-state index in [1.807, 2.05) is 0 Å². The van der Waals surface area contributed by atoms with E-state index in [9.17, 15) is 5.11 Å². The van der Waals surface area contributed by atoms with Crippen molar-refractivity contribution in [2.75, 3.05) is 25.6 Å². The number of hydrogen-bond acceptors (Lipinski definition) is 8. The second-order valence-corrected chi connectivity index (χ2v) is 7.55. The average molecular weight is 408 g/mol. The number of ether oxygens (including phenoxy) is 3. The van der Waals surface area contributed by atoms with Gasteiger partial charge >= 0.3 is 0 Å². The van der Waals surface area contributed by atoms with Crippen molar-refractivity contribution < 1.29 is 19.3 Å². The lowest BCUT2D eigenvalue weighted by Gasteiger charge is -2.25. The molecule has 1 saturated heterocycles. The van der Waals surface area contributed by atoms with Gasteiger partial charge in [-0.05, 0) is 12.8 Å². The molecule has 0 aromatic carbocycles. The first-order valence-electron chi connectivity index (χ1n) is 10.6. The molecule has 1 aliphatic rings. The Bertz CT molecular complexity index is 756. The number of nitrogens with zero attached hydrogens (tertiary/aromatic N) is 4. The average Bonchev–Trinajstić information content (AvgIpc) is 3.07. The van der Waals surface area contributed by atoms with Gasteiger partial charge in [0, 0.05) is 26.1 Å². The van der Waals surface area contributed by atoms with Crippen LogP contribution in [0, 0.1) is 0 Å². The summed E-state index contributed by atoms with van der Waals surface area (Å²) in [6.07, 6.45) is 6.59. The van der Waals surface area contributed by atoms with Gasteiger partial charge in [-0.15, -0.1) is 0 Å². The van der Waals surface area contributed by atoms with Gasteiger partial charge in [-0.1, -0.05) is 26.7 Å². The number of anilines is 1. The SMILES string of the molecule is CCCCOC[C@@H]1C[C@H](OCCCC)C[C@@H](O)[C@H](n2cnc3c(N)ncnc32)O1. The van der Waals surface area contributed by atoms with Crippen LogP contribution in [-0.4, -0.2) is 62.8 Å². The highest BCUT2D eigenvalue weighted by Gasteiger charge is 2.35. The molecule has 0 bridgehead atoms. The fourth-order valence-electron chi connectivity index (χ4n) is 3.52. The van der Waals surface area contributed by atoms with E-state index in [2.05, 4.69) is 28.8 Å². The van der Waals surface area contributed by atoms with Crippen molar-refractivity contribution >= 4 is 17.0 Å². The van der Waals surface area contributed by atoms with Gasteiger partial charge in [0.1, 0.15) is 17.9 Å². The molecule has 0 amide bonds. The maximum Gasteiger partial charge on any atom is 0.167 e. The number of unbranched alkanes of at least 4 members (excludes halogenated alkanes) is 2. The lowest BCUT2D eigenvalue weighted by atomic mass is 10.1. The van der Waals surface area contributed by atoms with Gasteiger partial charge in [-0.3, -0.25) is 4.57 Å². The van der Waals surface area contributed by atoms with Gasteiger partial charge in [0.2, 0.25) is 0 Å². The van der Waals surface area contributed by atoms with Crippen LogP contribution in [0.15, 0.2) is 12.7 Å². The molecule has 1 aliphatic heterocycles. The summed E-state index contributed by atoms with van der Waals surface area (Å²) < 4.78 is 19.9. The quantitative estimate of drug-likeness (QED) is 0.577. The van der Waals surface area contributed by atoms with Crippen LogP contribution in [0.5, 0.6) is 0 Å². The summed E-state index contributed by atoms with van der Waals surface area (Å²) in [6.45, 7) is 6.10. The summed E-state index contributed by atoms with van der Waals surface area (Å²) in [5, 5.41) is 10.9. The fraction of sp³-hybridized carbons (Fsp3) is 0.750. The summed E-state index contributed by atoms with van der Waals surface area (Å²) in [5.74, 6) is 0.303. The number of aliphatic hydroxyl groups is 1. The van der Waals surface area contributed by atoms with Crippen LogP contribution < -0.4 is 5.73 Å². The zero-order valence-electron chi connectivity index (χ0n) is 17.4. The third-order valence-corrected chi connectivity index (χ3v) is 5.15. The van der Waals surface area contributed by atoms with E-state index >= 15 is 0 Å². The van der Waals surface area contributed by atoms with Crippen LogP contribution in [0.1, 0.15) is 58.6 Å². The maximum atomic E-state index is 10.9. The Hall–Kier alpha value is -1.81. The Labute approximate surface area is 171 Å². The fourth-order valence-corrected chi connectivity index (χ4v) is 3.52. The minimum Gasteiger partial charge on any atom is -0.388 e. The van der Waals surface area contributed by atoms with Gasteiger partial charge in [0.05, 0.1) is 25.1 Å². The number of rotatable bonds is 10. The molecule has 0 aliphatic carbocycles. The molecular formula is C20H33N5O4. The van der Waals surface area contributed by atoms with Gasteiger partial charge < -0.3 is 25.1 Å². The molecule has 29 heavy (non-hydrogen) atoms. The Balaban J connectivity index is 1.78. The molecule has 0 spiro atoms. The van der Waals surface area contributed by atoms with Crippen molar-refractivity contribution in [2.45, 2.75) is 76.9 Å². The number of aromatic nitrogens is 4. The first-order valence-corrected chi connectivity index (χ1v) is 10.6. The van der Waals surface area contributed by atoms with Crippen LogP contribution in [-0.2, 0) is 14.2 Å². The van der Waals surface area contributed by atoms with Crippen LogP contribution in [0.2, 0.25) is 0 Å². The summed E-state index contributed by atoms with van der Waals surface area (Å²) in [4.78, 5) is 12.6. The molecule has 162 valence electrons. The third kappa shape index (κ3) is 5.63. The largest absolute Gasteiger partial charge is 0.388 e. The van der Waals surface area contributed by atoms with Gasteiger partial charge in [-0.25, -0.2) is 15.0 Å². The molecule has 9 nitrogen and oxygen atoms in total. The lowest BCUT2D eigenvalue weighted by molar-refractivity contribution is -0.124. The number of fused-ring (bicyclic) bond motifs is 1. The molecule has 0 unspecified atom stereocenters. The first-order chi connectivity index (χ1) is 14.1. The molecular weight excluding hydrogens is 374 g/mol. The topological polar surface area (TPSA) is 118 Å². The lowest BCUT2D eigenvalue weighted by Crippen LogP contribution is -2.29. The van der Waals surface area contributed by atoms with Crippen molar-refractivity contribution in [3.8, 4) is 0 Å². The first kappa shape index (κ1) is 21.9. The molecule has 3 rings (SSSR count). The Morgan fingerprint density at radius 3 is 2.76 bits per heavy atom. The number of hydrogen-bond donors (Lipinski definition) is 2. The van der Waals surface area contributed by atoms with Gasteiger partial charge in [-0.2, -0.15) is 0 Å². The molecule has 4 atom stereocenters. The zero-order valence-corrected chi connectivity index (χ0v) is 17.4. The number of imidazole rings is 1. The van der Waals surface area contributed by atoms with Crippen molar-refractivity contribution in [1.82, 2.24) is 19.5 Å². The minimum absolute atomic E-state index is 0.0872. The van der Waals surface area contributed by atoms with Gasteiger partial charge in [0.25, 0.3) is 0 Å². The van der Waals surface area contributed by atoms with E-state index in [4.69, 9.17) is 19.9 Å². The van der Waals surface area contributed by atoms with Crippen molar-refractivity contribution in [3.05, 3.63) is 12.7 Å². The Morgan fingerprint density at radius 1 is 1.17 bits per heavy atom. The molecule has 1 fully saturated rings. The van der Waals surface area contributed by atoms with Crippen LogP contribution in [0.25, 0.3) is 11.2 Å². The van der Waals surface area contributed by atoms with Crippen LogP contribution in [0.3, 0.4) is 0 Å². The highest BCUT2D eigenvalue weighted by atomic mass is 16.6. The van der Waals surface area contributed by atoms with Crippen molar-refractivity contribution in [1.29, 1.82) is 0 Å². The molecule has 2 aromatic rings. The molecule has 3 heterocycles. The number of nitrogens with two attached hydrogens (primary N) is 1. The molecule has 0 saturated carbocycles. The number of aliphatic hydroxyl groups excluding tert-OH is 1. The maximum absolute atomic E-state index is 10.9. The van der Waals surface area contributed by atoms with Crippen LogP contribution >= 0.6 is 0 Å². The normalized spacial score (nSPS) is 25.3. The van der Waals surface area contributed by atoms with E-state index in [-0.39, 0.29) is 12.2 Å². The molecule has 3 N–H and O–H groups in total. The highest BCUT2D eigenvalue weighted by Crippen LogP contribution is 2.31. The second-order valence-electron chi connectivity index (χ2n) is 7.55. The summed E-state index contributed by atoms with van der Waals surface area (Å²) in [5.41, 5.74) is 6.94. The zero-order chi connectivity index (χ0) is 20.6. The monoisotopic (exact) mass is 407 g/mol. The Morgan fingerprint density at radius 2 is 1.97 bits per heavy atom. The predicted octanol–water partition coefficient (Wildman–Crippen LogP) is 2.45. The van der Waals surface area contributed by atoms with Gasteiger partial charge in [0.15, 0.2) is 17.7 Å². The number of nitrogen functional groups attached to an aromatic ring is 1. The molecule has 9 heteroatoms. The summed E-state index contributed by atoms with van der Waals surface area (Å²) in [6, 6.07) is 0. The smallest absolute Gasteiger partial charge is 0.167 e. The van der Waals surface area contributed by atoms with E-state index in [0.29, 0.717) is 49.6 Å². The third-order valence-electron chi connectivity index (χ3n) is 5.15. The minimum atomic E-state index is -0.768. The van der Waals surface area contributed by atoms with E-state index < -0.39 is 12.3 Å². The van der Waals surface area contributed by atoms with E-state index in [1.165, 1.54) is 6.33 Å². The van der Waals surface area contributed by atoms with Crippen molar-refractivity contribution in [2.24, 2.45) is 0 Å². The summed E-state index contributed by atoms with van der Waals surface area (Å²) in [7, 11) is 0. The Kier molecular flexibility index (Phi) is 8.17. The highest BCUT2D eigenvalue weighted by molar-refractivity contribution is 5.81. The standard InChI is InChI=1S/C20H33N5O4/c1-3-5-7-27-11-15-9-14(28-8-6-4-2)10-16(26)20(29-15)25-13-24-17-18(21)22-12-23-19(17)25/h12-16,20,26H,3-11H2,1-2H3,(H2,21,22,23)/t14-,15-,16+,20+/m0/s1. The molecule has 0 radical (unpaired) electrons. The predicted molar refractivity (Wildman–Crippen MR) is 109 cm³/mol. The van der Waals surface area contributed by atoms with Crippen LogP contribution in [0.4, 0.5) is 5.82 Å². The van der Waals surface area contributed by atoms with E-state index in [0.717, 1.165) is 25.7 Å². The molecule has 2 aromatic heterocycles.